The van der Waals surface area contributed by atoms with Crippen LogP contribution in [0.3, 0.4) is 0 Å². The average Bonchev–Trinajstić information content (AvgIpc) is 2.89. The molecule has 0 saturated heterocycles. The molecule has 1 aromatic carbocycles. The van der Waals surface area contributed by atoms with Crippen LogP contribution < -0.4 is 10.6 Å². The Hall–Kier alpha value is -1.39. The van der Waals surface area contributed by atoms with Gasteiger partial charge in [0, 0.05) is 17.5 Å². The topological polar surface area (TPSA) is 29.3 Å². The Labute approximate surface area is 129 Å². The molecule has 21 heavy (non-hydrogen) atoms. The zero-order chi connectivity index (χ0) is 15.0. The fourth-order valence-electron chi connectivity index (χ4n) is 3.12. The molecule has 0 bridgehead atoms. The molecule has 0 saturated carbocycles. The molecule has 0 aliphatic carbocycles. The summed E-state index contributed by atoms with van der Waals surface area (Å²) < 4.78 is 14.5. The van der Waals surface area contributed by atoms with E-state index in [9.17, 15) is 4.39 Å². The van der Waals surface area contributed by atoms with Crippen molar-refractivity contribution in [2.24, 2.45) is 5.73 Å². The molecule has 112 valence electrons. The summed E-state index contributed by atoms with van der Waals surface area (Å²) in [5, 5.41) is 2.13. The molecule has 0 amide bonds. The van der Waals surface area contributed by atoms with Gasteiger partial charge in [0.1, 0.15) is 5.82 Å². The summed E-state index contributed by atoms with van der Waals surface area (Å²) >= 11 is 1.81. The van der Waals surface area contributed by atoms with Gasteiger partial charge >= 0.3 is 0 Å². The summed E-state index contributed by atoms with van der Waals surface area (Å²) in [6, 6.07) is 7.98. The van der Waals surface area contributed by atoms with Gasteiger partial charge in [0.2, 0.25) is 0 Å². The predicted molar refractivity (Wildman–Crippen MR) is 87.5 cm³/mol. The SMILES string of the molecule is CC(N)Cc1ccc(N2CCc3sccc3C2C)c(F)c1. The highest BCUT2D eigenvalue weighted by molar-refractivity contribution is 7.10. The van der Waals surface area contributed by atoms with Gasteiger partial charge in [-0.3, -0.25) is 0 Å². The van der Waals surface area contributed by atoms with Crippen LogP contribution >= 0.6 is 11.3 Å². The Bertz CT molecular complexity index is 635. The van der Waals surface area contributed by atoms with Crippen molar-refractivity contribution in [3.63, 3.8) is 0 Å². The number of nitrogens with zero attached hydrogens (tertiary/aromatic N) is 1. The van der Waals surface area contributed by atoms with E-state index in [-0.39, 0.29) is 17.9 Å². The summed E-state index contributed by atoms with van der Waals surface area (Å²) in [7, 11) is 0. The largest absolute Gasteiger partial charge is 0.362 e. The molecule has 2 heterocycles. The zero-order valence-corrected chi connectivity index (χ0v) is 13.3. The second-order valence-corrected chi connectivity index (χ2v) is 6.89. The van der Waals surface area contributed by atoms with Crippen molar-refractivity contribution in [3.8, 4) is 0 Å². The molecule has 0 fully saturated rings. The minimum Gasteiger partial charge on any atom is -0.362 e. The molecular formula is C17H21FN2S. The first-order chi connectivity index (χ1) is 10.1. The number of thiophene rings is 1. The van der Waals surface area contributed by atoms with E-state index < -0.39 is 0 Å². The van der Waals surface area contributed by atoms with Crippen LogP contribution in [-0.2, 0) is 12.8 Å². The monoisotopic (exact) mass is 304 g/mol. The molecule has 2 unspecified atom stereocenters. The number of nitrogens with two attached hydrogens (primary N) is 1. The average molecular weight is 304 g/mol. The third kappa shape index (κ3) is 2.83. The molecular weight excluding hydrogens is 283 g/mol. The van der Waals surface area contributed by atoms with E-state index in [0.717, 1.165) is 18.5 Å². The third-order valence-corrected chi connectivity index (χ3v) is 5.15. The van der Waals surface area contributed by atoms with Gasteiger partial charge in [-0.1, -0.05) is 6.07 Å². The number of anilines is 1. The fraction of sp³-hybridized carbons (Fsp3) is 0.412. The number of fused-ring (bicyclic) bond motifs is 1. The van der Waals surface area contributed by atoms with E-state index in [4.69, 9.17) is 5.73 Å². The van der Waals surface area contributed by atoms with E-state index in [1.165, 1.54) is 10.4 Å². The molecule has 2 atom stereocenters. The first-order valence-corrected chi connectivity index (χ1v) is 8.31. The van der Waals surface area contributed by atoms with Gasteiger partial charge in [0.05, 0.1) is 11.7 Å². The van der Waals surface area contributed by atoms with Gasteiger partial charge in [0.15, 0.2) is 0 Å². The van der Waals surface area contributed by atoms with Gasteiger partial charge in [-0.15, -0.1) is 11.3 Å². The normalized spacial score (nSPS) is 19.4. The highest BCUT2D eigenvalue weighted by Gasteiger charge is 2.26. The fourth-order valence-corrected chi connectivity index (χ4v) is 4.08. The van der Waals surface area contributed by atoms with Crippen molar-refractivity contribution < 1.29 is 4.39 Å². The van der Waals surface area contributed by atoms with Gasteiger partial charge in [-0.25, -0.2) is 4.39 Å². The lowest BCUT2D eigenvalue weighted by Crippen LogP contribution is -2.33. The van der Waals surface area contributed by atoms with E-state index in [1.807, 2.05) is 19.1 Å². The molecule has 2 N–H and O–H groups in total. The Morgan fingerprint density at radius 1 is 1.43 bits per heavy atom. The van der Waals surface area contributed by atoms with Crippen molar-refractivity contribution in [1.82, 2.24) is 0 Å². The molecule has 3 rings (SSSR count). The van der Waals surface area contributed by atoms with Gasteiger partial charge < -0.3 is 10.6 Å². The number of hydrogen-bond acceptors (Lipinski definition) is 3. The van der Waals surface area contributed by atoms with Crippen LogP contribution in [0.1, 0.15) is 35.9 Å². The van der Waals surface area contributed by atoms with Gasteiger partial charge in [-0.2, -0.15) is 0 Å². The van der Waals surface area contributed by atoms with Crippen molar-refractivity contribution in [3.05, 3.63) is 51.5 Å². The minimum atomic E-state index is -0.140. The Morgan fingerprint density at radius 3 is 2.95 bits per heavy atom. The number of halogens is 1. The van der Waals surface area contributed by atoms with Crippen molar-refractivity contribution in [2.45, 2.75) is 38.8 Å². The predicted octanol–water partition coefficient (Wildman–Crippen LogP) is 3.90. The summed E-state index contributed by atoms with van der Waals surface area (Å²) in [5.41, 5.74) is 8.79. The molecule has 1 aliphatic rings. The van der Waals surface area contributed by atoms with E-state index in [0.29, 0.717) is 12.1 Å². The lowest BCUT2D eigenvalue weighted by Gasteiger charge is -2.35. The smallest absolute Gasteiger partial charge is 0.146 e. The highest BCUT2D eigenvalue weighted by Crippen LogP contribution is 2.37. The van der Waals surface area contributed by atoms with E-state index in [1.54, 1.807) is 17.4 Å². The van der Waals surface area contributed by atoms with Gasteiger partial charge in [0.25, 0.3) is 0 Å². The van der Waals surface area contributed by atoms with Crippen LogP contribution in [-0.4, -0.2) is 12.6 Å². The lowest BCUT2D eigenvalue weighted by molar-refractivity contribution is 0.580. The van der Waals surface area contributed by atoms with Crippen molar-refractivity contribution in [2.75, 3.05) is 11.4 Å². The molecule has 1 aliphatic heterocycles. The second kappa shape index (κ2) is 5.78. The summed E-state index contributed by atoms with van der Waals surface area (Å²) in [5.74, 6) is -0.140. The first-order valence-electron chi connectivity index (χ1n) is 7.43. The van der Waals surface area contributed by atoms with Crippen LogP contribution in [0.25, 0.3) is 0 Å². The molecule has 0 spiro atoms. The number of rotatable bonds is 3. The summed E-state index contributed by atoms with van der Waals surface area (Å²) in [4.78, 5) is 3.60. The Kier molecular flexibility index (Phi) is 4.00. The second-order valence-electron chi connectivity index (χ2n) is 5.89. The molecule has 2 nitrogen and oxygen atoms in total. The molecule has 0 radical (unpaired) electrons. The first kappa shape index (κ1) is 14.5. The maximum Gasteiger partial charge on any atom is 0.146 e. The minimum absolute atomic E-state index is 0.0533. The Morgan fingerprint density at radius 2 is 2.24 bits per heavy atom. The standard InChI is InChI=1S/C17H21FN2S/c1-11(19)9-13-3-4-16(15(18)10-13)20-7-5-17-14(12(20)2)6-8-21-17/h3-4,6,8,10-12H,5,7,9,19H2,1-2H3. The lowest BCUT2D eigenvalue weighted by atomic mass is 9.99. The van der Waals surface area contributed by atoms with Crippen molar-refractivity contribution >= 4 is 17.0 Å². The number of hydrogen-bond donors (Lipinski definition) is 1. The Balaban J connectivity index is 1.88. The molecule has 2 aromatic rings. The van der Waals surface area contributed by atoms with Crippen molar-refractivity contribution in [1.29, 1.82) is 0 Å². The third-order valence-electron chi connectivity index (χ3n) is 4.16. The number of benzene rings is 1. The van der Waals surface area contributed by atoms with Crippen LogP contribution in [0.2, 0.25) is 0 Å². The van der Waals surface area contributed by atoms with Crippen LogP contribution in [0.4, 0.5) is 10.1 Å². The maximum absolute atomic E-state index is 14.5. The summed E-state index contributed by atoms with van der Waals surface area (Å²) in [6.45, 7) is 4.97. The molecule has 4 heteroatoms. The quantitative estimate of drug-likeness (QED) is 0.932. The maximum atomic E-state index is 14.5. The molecule has 1 aromatic heterocycles. The van der Waals surface area contributed by atoms with E-state index >= 15 is 0 Å². The van der Waals surface area contributed by atoms with Gasteiger partial charge in [-0.05, 0) is 61.4 Å². The summed E-state index contributed by atoms with van der Waals surface area (Å²) in [6.07, 6.45) is 1.71. The van der Waals surface area contributed by atoms with Crippen LogP contribution in [0.5, 0.6) is 0 Å². The van der Waals surface area contributed by atoms with E-state index in [2.05, 4.69) is 23.3 Å². The zero-order valence-electron chi connectivity index (χ0n) is 12.5. The van der Waals surface area contributed by atoms with Crippen LogP contribution in [0, 0.1) is 5.82 Å². The highest BCUT2D eigenvalue weighted by atomic mass is 32.1. The van der Waals surface area contributed by atoms with Crippen LogP contribution in [0.15, 0.2) is 29.6 Å².